The van der Waals surface area contributed by atoms with E-state index in [1.54, 1.807) is 6.08 Å². The molecule has 1 atom stereocenters. The van der Waals surface area contributed by atoms with Crippen molar-refractivity contribution < 1.29 is 0 Å². The summed E-state index contributed by atoms with van der Waals surface area (Å²) in [6.07, 6.45) is 6.78. The van der Waals surface area contributed by atoms with Crippen molar-refractivity contribution in [3.63, 3.8) is 0 Å². The van der Waals surface area contributed by atoms with Crippen LogP contribution >= 0.6 is 0 Å². The Labute approximate surface area is 92.6 Å². The van der Waals surface area contributed by atoms with Gasteiger partial charge in [0.1, 0.15) is 0 Å². The fourth-order valence-electron chi connectivity index (χ4n) is 1.45. The molecule has 0 aliphatic carbocycles. The van der Waals surface area contributed by atoms with Gasteiger partial charge in [0.05, 0.1) is 0 Å². The van der Waals surface area contributed by atoms with Crippen molar-refractivity contribution in [1.29, 1.82) is 0 Å². The van der Waals surface area contributed by atoms with Gasteiger partial charge in [0.25, 0.3) is 0 Å². The van der Waals surface area contributed by atoms with E-state index in [1.807, 2.05) is 18.2 Å². The van der Waals surface area contributed by atoms with Gasteiger partial charge in [-0.05, 0) is 17.9 Å². The molecule has 0 radical (unpaired) electrons. The summed E-state index contributed by atoms with van der Waals surface area (Å²) in [5.41, 5.74) is 2.51. The van der Waals surface area contributed by atoms with Gasteiger partial charge in [-0.2, -0.15) is 0 Å². The Kier molecular flexibility index (Phi) is 4.62. The lowest BCUT2D eigenvalue weighted by atomic mass is 9.94. The molecule has 0 amide bonds. The van der Waals surface area contributed by atoms with Gasteiger partial charge in [-0.3, -0.25) is 0 Å². The summed E-state index contributed by atoms with van der Waals surface area (Å²) in [5, 5.41) is 0. The van der Waals surface area contributed by atoms with Crippen molar-refractivity contribution in [2.75, 3.05) is 0 Å². The molecule has 0 heteroatoms. The minimum Gasteiger partial charge on any atom is -0.0991 e. The number of hydrogen-bond acceptors (Lipinski definition) is 0. The molecule has 0 saturated carbocycles. The molecular weight excluding hydrogens is 180 g/mol. The predicted octanol–water partition coefficient (Wildman–Crippen LogP) is 4.16. The molecule has 1 unspecified atom stereocenters. The highest BCUT2D eigenvalue weighted by atomic mass is 14.1. The normalized spacial score (nSPS) is 12.6. The first-order chi connectivity index (χ1) is 7.24. The second-order valence-corrected chi connectivity index (χ2v) is 3.76. The first kappa shape index (κ1) is 11.5. The molecule has 1 rings (SSSR count). The van der Waals surface area contributed by atoms with Gasteiger partial charge in [-0.1, -0.05) is 74.2 Å². The van der Waals surface area contributed by atoms with E-state index in [-0.39, 0.29) is 0 Å². The number of benzene rings is 1. The third-order valence-electron chi connectivity index (χ3n) is 2.46. The highest BCUT2D eigenvalue weighted by molar-refractivity contribution is 5.24. The molecule has 15 heavy (non-hydrogen) atoms. The van der Waals surface area contributed by atoms with Crippen LogP contribution in [0, 0.1) is 5.92 Å². The van der Waals surface area contributed by atoms with Gasteiger partial charge in [-0.25, -0.2) is 0 Å². The molecule has 1 aromatic rings. The average Bonchev–Trinajstić information content (AvgIpc) is 2.27. The topological polar surface area (TPSA) is 0 Å². The fraction of sp³-hybridized carbons (Fsp3) is 0.200. The molecule has 0 aromatic heterocycles. The van der Waals surface area contributed by atoms with Crippen LogP contribution in [0.3, 0.4) is 0 Å². The summed E-state index contributed by atoms with van der Waals surface area (Å²) in [6.45, 7) is 9.90. The standard InChI is InChI=1S/C15H18/c1-4-5-9-13(2)14(3)12-15-10-7-6-8-11-15/h4-11,14H,1-2,12H2,3H3/b9-5-. The van der Waals surface area contributed by atoms with Crippen molar-refractivity contribution in [2.24, 2.45) is 5.92 Å². The Bertz CT molecular complexity index is 344. The highest BCUT2D eigenvalue weighted by Crippen LogP contribution is 2.16. The lowest BCUT2D eigenvalue weighted by Crippen LogP contribution is -2.00. The minimum absolute atomic E-state index is 0.476. The minimum atomic E-state index is 0.476. The van der Waals surface area contributed by atoms with Gasteiger partial charge < -0.3 is 0 Å². The Morgan fingerprint density at radius 2 is 2.00 bits per heavy atom. The summed E-state index contributed by atoms with van der Waals surface area (Å²) in [4.78, 5) is 0. The fourth-order valence-corrected chi connectivity index (χ4v) is 1.45. The van der Waals surface area contributed by atoms with Crippen LogP contribution in [0.5, 0.6) is 0 Å². The van der Waals surface area contributed by atoms with Crippen molar-refractivity contribution >= 4 is 0 Å². The van der Waals surface area contributed by atoms with Gasteiger partial charge >= 0.3 is 0 Å². The quantitative estimate of drug-likeness (QED) is 0.623. The molecule has 0 heterocycles. The van der Waals surface area contributed by atoms with Gasteiger partial charge in [0.15, 0.2) is 0 Å². The summed E-state index contributed by atoms with van der Waals surface area (Å²) in [5.74, 6) is 0.476. The number of allylic oxidation sites excluding steroid dienone is 4. The van der Waals surface area contributed by atoms with Crippen molar-refractivity contribution in [3.8, 4) is 0 Å². The Morgan fingerprint density at radius 1 is 1.33 bits per heavy atom. The zero-order valence-corrected chi connectivity index (χ0v) is 9.32. The van der Waals surface area contributed by atoms with Crippen LogP contribution in [0.15, 0.2) is 67.3 Å². The molecule has 0 aliphatic heterocycles. The van der Waals surface area contributed by atoms with Crippen molar-refractivity contribution in [3.05, 3.63) is 72.9 Å². The molecule has 0 saturated heterocycles. The summed E-state index contributed by atoms with van der Waals surface area (Å²) < 4.78 is 0. The largest absolute Gasteiger partial charge is 0.0991 e. The van der Waals surface area contributed by atoms with E-state index in [2.05, 4.69) is 44.3 Å². The molecule has 0 aliphatic rings. The maximum absolute atomic E-state index is 4.05. The third kappa shape index (κ3) is 3.99. The second-order valence-electron chi connectivity index (χ2n) is 3.76. The molecule has 0 bridgehead atoms. The molecule has 0 nitrogen and oxygen atoms in total. The third-order valence-corrected chi connectivity index (χ3v) is 2.46. The van der Waals surface area contributed by atoms with Crippen LogP contribution < -0.4 is 0 Å². The molecule has 0 N–H and O–H groups in total. The maximum atomic E-state index is 4.05. The van der Waals surface area contributed by atoms with Gasteiger partial charge in [-0.15, -0.1) is 0 Å². The average molecular weight is 198 g/mol. The molecule has 78 valence electrons. The van der Waals surface area contributed by atoms with Gasteiger partial charge in [0, 0.05) is 0 Å². The Hall–Kier alpha value is -1.56. The monoisotopic (exact) mass is 198 g/mol. The second kappa shape index (κ2) is 6.02. The Balaban J connectivity index is 2.56. The van der Waals surface area contributed by atoms with Crippen LogP contribution in [0.25, 0.3) is 0 Å². The smallest absolute Gasteiger partial charge is 0.0156 e. The molecule has 0 fully saturated rings. The van der Waals surface area contributed by atoms with E-state index in [0.717, 1.165) is 12.0 Å². The number of rotatable bonds is 5. The zero-order valence-electron chi connectivity index (χ0n) is 9.32. The zero-order chi connectivity index (χ0) is 11.1. The van der Waals surface area contributed by atoms with Crippen molar-refractivity contribution in [2.45, 2.75) is 13.3 Å². The van der Waals surface area contributed by atoms with Crippen LogP contribution in [-0.4, -0.2) is 0 Å². The van der Waals surface area contributed by atoms with E-state index in [4.69, 9.17) is 0 Å². The first-order valence-electron chi connectivity index (χ1n) is 5.26. The number of hydrogen-bond donors (Lipinski definition) is 0. The van der Waals surface area contributed by atoms with E-state index < -0.39 is 0 Å². The van der Waals surface area contributed by atoms with Crippen LogP contribution in [-0.2, 0) is 6.42 Å². The van der Waals surface area contributed by atoms with Crippen LogP contribution in [0.4, 0.5) is 0 Å². The van der Waals surface area contributed by atoms with Crippen molar-refractivity contribution in [1.82, 2.24) is 0 Å². The first-order valence-corrected chi connectivity index (χ1v) is 5.26. The molecule has 0 spiro atoms. The van der Waals surface area contributed by atoms with E-state index in [9.17, 15) is 0 Å². The summed E-state index contributed by atoms with van der Waals surface area (Å²) in [6, 6.07) is 10.5. The molecular formula is C15H18. The predicted molar refractivity (Wildman–Crippen MR) is 67.8 cm³/mol. The lowest BCUT2D eigenvalue weighted by Gasteiger charge is -2.11. The maximum Gasteiger partial charge on any atom is -0.0156 e. The van der Waals surface area contributed by atoms with Crippen LogP contribution in [0.2, 0.25) is 0 Å². The van der Waals surface area contributed by atoms with E-state index >= 15 is 0 Å². The van der Waals surface area contributed by atoms with Crippen LogP contribution in [0.1, 0.15) is 12.5 Å². The SMILES string of the molecule is C=C/C=C\C(=C)C(C)Cc1ccccc1. The molecule has 1 aromatic carbocycles. The van der Waals surface area contributed by atoms with E-state index in [1.165, 1.54) is 5.56 Å². The van der Waals surface area contributed by atoms with E-state index in [0.29, 0.717) is 5.92 Å². The van der Waals surface area contributed by atoms with Gasteiger partial charge in [0.2, 0.25) is 0 Å². The highest BCUT2D eigenvalue weighted by Gasteiger charge is 2.04. The Morgan fingerprint density at radius 3 is 2.60 bits per heavy atom. The lowest BCUT2D eigenvalue weighted by molar-refractivity contribution is 0.696. The summed E-state index contributed by atoms with van der Waals surface area (Å²) in [7, 11) is 0. The summed E-state index contributed by atoms with van der Waals surface area (Å²) >= 11 is 0.